The van der Waals surface area contributed by atoms with Crippen molar-refractivity contribution in [2.24, 2.45) is 0 Å². The van der Waals surface area contributed by atoms with Crippen molar-refractivity contribution in [2.75, 3.05) is 12.1 Å². The van der Waals surface area contributed by atoms with Crippen LogP contribution in [0, 0.1) is 0 Å². The minimum Gasteiger partial charge on any atom is -0.493 e. The molecule has 0 spiro atoms. The third-order valence-electron chi connectivity index (χ3n) is 4.69. The molecule has 0 aliphatic carbocycles. The molecule has 31 heavy (non-hydrogen) atoms. The average Bonchev–Trinajstić information content (AvgIpc) is 3.07. The van der Waals surface area contributed by atoms with Crippen molar-refractivity contribution in [1.29, 1.82) is 0 Å². The van der Waals surface area contributed by atoms with Gasteiger partial charge in [-0.25, -0.2) is 5.01 Å². The lowest BCUT2D eigenvalue weighted by atomic mass is 10.1. The van der Waals surface area contributed by atoms with Gasteiger partial charge in [0.05, 0.1) is 12.8 Å². The molecule has 7 heteroatoms. The summed E-state index contributed by atoms with van der Waals surface area (Å²) in [6.07, 6.45) is 1.54. The summed E-state index contributed by atoms with van der Waals surface area (Å²) in [6.45, 7) is 0.403. The Kier molecular flexibility index (Phi) is 6.04. The predicted octanol–water partition coefficient (Wildman–Crippen LogP) is 4.50. The number of methoxy groups -OCH3 is 1. The maximum Gasteiger partial charge on any atom is 0.282 e. The van der Waals surface area contributed by atoms with Crippen molar-refractivity contribution >= 4 is 39.5 Å². The van der Waals surface area contributed by atoms with Crippen molar-refractivity contribution in [3.8, 4) is 11.5 Å². The molecule has 3 aromatic carbocycles. The first-order valence-corrected chi connectivity index (χ1v) is 10.3. The van der Waals surface area contributed by atoms with Gasteiger partial charge in [0.15, 0.2) is 11.5 Å². The molecule has 6 nitrogen and oxygen atoms in total. The largest absolute Gasteiger partial charge is 0.493 e. The Morgan fingerprint density at radius 3 is 2.52 bits per heavy atom. The van der Waals surface area contributed by atoms with Crippen LogP contribution in [-0.2, 0) is 16.2 Å². The van der Waals surface area contributed by atoms with E-state index in [0.29, 0.717) is 29.4 Å². The highest BCUT2D eigenvalue weighted by atomic mass is 79.9. The van der Waals surface area contributed by atoms with Crippen LogP contribution in [0.5, 0.6) is 11.5 Å². The lowest BCUT2D eigenvalue weighted by molar-refractivity contribution is -0.117. The van der Waals surface area contributed by atoms with Crippen LogP contribution >= 0.6 is 15.9 Å². The van der Waals surface area contributed by atoms with E-state index in [4.69, 9.17) is 9.47 Å². The molecule has 0 unspecified atom stereocenters. The summed E-state index contributed by atoms with van der Waals surface area (Å²) in [5, 5.41) is 1.23. The summed E-state index contributed by atoms with van der Waals surface area (Å²) in [5.41, 5.74) is 4.90. The number of amides is 2. The molecule has 0 atom stereocenters. The lowest BCUT2D eigenvalue weighted by Crippen LogP contribution is -2.35. The zero-order valence-corrected chi connectivity index (χ0v) is 18.3. The summed E-state index contributed by atoms with van der Waals surface area (Å²) in [6, 6.07) is 22.2. The number of hydrogen-bond acceptors (Lipinski definition) is 4. The summed E-state index contributed by atoms with van der Waals surface area (Å²) in [7, 11) is 1.55. The van der Waals surface area contributed by atoms with Crippen molar-refractivity contribution < 1.29 is 19.1 Å². The maximum atomic E-state index is 12.8. The van der Waals surface area contributed by atoms with Gasteiger partial charge in [0.1, 0.15) is 12.2 Å². The number of halogens is 1. The number of nitrogens with zero attached hydrogens (tertiary/aromatic N) is 1. The second kappa shape index (κ2) is 9.06. The molecule has 0 bridgehead atoms. The van der Waals surface area contributed by atoms with E-state index in [9.17, 15) is 9.59 Å². The number of benzene rings is 3. The van der Waals surface area contributed by atoms with E-state index in [1.165, 1.54) is 5.01 Å². The van der Waals surface area contributed by atoms with E-state index in [1.54, 1.807) is 49.6 Å². The highest BCUT2D eigenvalue weighted by Gasteiger charge is 2.34. The Morgan fingerprint density at radius 2 is 1.77 bits per heavy atom. The molecule has 4 rings (SSSR count). The van der Waals surface area contributed by atoms with Crippen LogP contribution < -0.4 is 19.9 Å². The normalized spacial score (nSPS) is 14.6. The molecule has 1 heterocycles. The molecule has 0 radical (unpaired) electrons. The lowest BCUT2D eigenvalue weighted by Gasteiger charge is -2.14. The zero-order chi connectivity index (χ0) is 21.8. The summed E-state index contributed by atoms with van der Waals surface area (Å²) in [4.78, 5) is 25.2. The minimum absolute atomic E-state index is 0.0417. The van der Waals surface area contributed by atoms with E-state index in [2.05, 4.69) is 21.4 Å². The van der Waals surface area contributed by atoms with Gasteiger partial charge >= 0.3 is 0 Å². The topological polar surface area (TPSA) is 67.9 Å². The van der Waals surface area contributed by atoms with Gasteiger partial charge in [0.25, 0.3) is 11.8 Å². The standard InChI is InChI=1S/C24H19BrN2O4/c1-30-22-13-17(10-11-21(22)31-15-16-6-3-2-4-7-16)12-20-23(28)26-27(24(20)29)19-9-5-8-18(25)14-19/h2-14H,15H2,1H3,(H,26,28)/b20-12+. The molecule has 3 aromatic rings. The number of carbonyl (C=O) groups excluding carboxylic acids is 2. The number of hydrogen-bond donors (Lipinski definition) is 1. The van der Waals surface area contributed by atoms with Gasteiger partial charge in [-0.05, 0) is 47.5 Å². The van der Waals surface area contributed by atoms with Gasteiger partial charge in [-0.2, -0.15) is 0 Å². The second-order valence-electron chi connectivity index (χ2n) is 6.80. The average molecular weight is 479 g/mol. The fourth-order valence-corrected chi connectivity index (χ4v) is 3.54. The number of rotatable bonds is 6. The van der Waals surface area contributed by atoms with Crippen LogP contribution in [-0.4, -0.2) is 18.9 Å². The molecule has 1 fully saturated rings. The smallest absolute Gasteiger partial charge is 0.282 e. The third kappa shape index (κ3) is 4.62. The summed E-state index contributed by atoms with van der Waals surface area (Å²) < 4.78 is 12.1. The molecule has 1 aliphatic rings. The van der Waals surface area contributed by atoms with Crippen molar-refractivity contribution in [3.05, 3.63) is 94.0 Å². The molecule has 1 N–H and O–H groups in total. The molecule has 156 valence electrons. The van der Waals surface area contributed by atoms with Crippen LogP contribution in [0.25, 0.3) is 6.08 Å². The Labute approximate surface area is 188 Å². The van der Waals surface area contributed by atoms with Gasteiger partial charge < -0.3 is 9.47 Å². The summed E-state index contributed by atoms with van der Waals surface area (Å²) in [5.74, 6) is 0.200. The molecule has 0 saturated carbocycles. The monoisotopic (exact) mass is 478 g/mol. The van der Waals surface area contributed by atoms with E-state index >= 15 is 0 Å². The fraction of sp³-hybridized carbons (Fsp3) is 0.0833. The Bertz CT molecular complexity index is 1160. The van der Waals surface area contributed by atoms with Crippen molar-refractivity contribution in [2.45, 2.75) is 6.61 Å². The third-order valence-corrected chi connectivity index (χ3v) is 5.19. The minimum atomic E-state index is -0.464. The number of carbonyl (C=O) groups is 2. The molecular weight excluding hydrogens is 460 g/mol. The first-order valence-electron chi connectivity index (χ1n) is 9.52. The van der Waals surface area contributed by atoms with Crippen LogP contribution in [0.2, 0.25) is 0 Å². The Balaban J connectivity index is 1.55. The molecular formula is C24H19BrN2O4. The van der Waals surface area contributed by atoms with Gasteiger partial charge in [0.2, 0.25) is 0 Å². The molecule has 0 aromatic heterocycles. The van der Waals surface area contributed by atoms with E-state index < -0.39 is 11.8 Å². The van der Waals surface area contributed by atoms with Crippen molar-refractivity contribution in [1.82, 2.24) is 5.43 Å². The highest BCUT2D eigenvalue weighted by Crippen LogP contribution is 2.31. The van der Waals surface area contributed by atoms with E-state index in [0.717, 1.165) is 10.0 Å². The SMILES string of the molecule is COc1cc(/C=C2\C(=O)NN(c3cccc(Br)c3)C2=O)ccc1OCc1ccccc1. The Hall–Kier alpha value is -3.58. The van der Waals surface area contributed by atoms with E-state index in [1.807, 2.05) is 36.4 Å². The maximum absolute atomic E-state index is 12.8. The van der Waals surface area contributed by atoms with Crippen LogP contribution in [0.1, 0.15) is 11.1 Å². The zero-order valence-electron chi connectivity index (χ0n) is 16.7. The van der Waals surface area contributed by atoms with Crippen molar-refractivity contribution in [3.63, 3.8) is 0 Å². The predicted molar refractivity (Wildman–Crippen MR) is 122 cm³/mol. The number of ether oxygens (including phenoxy) is 2. The van der Waals surface area contributed by atoms with Gasteiger partial charge in [-0.15, -0.1) is 0 Å². The number of nitrogens with one attached hydrogen (secondary N) is 1. The summed E-state index contributed by atoms with van der Waals surface area (Å²) >= 11 is 3.37. The van der Waals surface area contributed by atoms with E-state index in [-0.39, 0.29) is 5.57 Å². The number of hydrazine groups is 1. The quantitative estimate of drug-likeness (QED) is 0.418. The first kappa shape index (κ1) is 20.7. The van der Waals surface area contributed by atoms with Crippen LogP contribution in [0.4, 0.5) is 5.69 Å². The molecule has 1 aliphatic heterocycles. The first-order chi connectivity index (χ1) is 15.0. The second-order valence-corrected chi connectivity index (χ2v) is 7.72. The molecule has 2 amide bonds. The number of anilines is 1. The molecule has 1 saturated heterocycles. The van der Waals surface area contributed by atoms with Gasteiger partial charge in [-0.3, -0.25) is 15.0 Å². The van der Waals surface area contributed by atoms with Crippen LogP contribution in [0.15, 0.2) is 82.8 Å². The van der Waals surface area contributed by atoms with Gasteiger partial charge in [0, 0.05) is 4.47 Å². The highest BCUT2D eigenvalue weighted by molar-refractivity contribution is 9.10. The van der Waals surface area contributed by atoms with Gasteiger partial charge in [-0.1, -0.05) is 58.4 Å². The van der Waals surface area contributed by atoms with Crippen LogP contribution in [0.3, 0.4) is 0 Å². The fourth-order valence-electron chi connectivity index (χ4n) is 3.15. The Morgan fingerprint density at radius 1 is 0.968 bits per heavy atom.